The van der Waals surface area contributed by atoms with Gasteiger partial charge in [-0.25, -0.2) is 9.97 Å². The van der Waals surface area contributed by atoms with Gasteiger partial charge in [-0.3, -0.25) is 4.98 Å². The molecule has 0 aliphatic heterocycles. The predicted molar refractivity (Wildman–Crippen MR) is 136 cm³/mol. The topological polar surface area (TPSA) is 88.1 Å². The molecule has 1 aromatic carbocycles. The number of pyridine rings is 2. The Morgan fingerprint density at radius 1 is 1.15 bits per heavy atom. The average molecular weight is 466 g/mol. The lowest BCUT2D eigenvalue weighted by Gasteiger charge is -2.27. The van der Waals surface area contributed by atoms with Crippen LogP contribution in [0.25, 0.3) is 33.1 Å². The van der Waals surface area contributed by atoms with Crippen LogP contribution in [-0.2, 0) is 22.6 Å². The summed E-state index contributed by atoms with van der Waals surface area (Å²) < 4.78 is 14.1. The van der Waals surface area contributed by atoms with Gasteiger partial charge in [0, 0.05) is 35.7 Å². The number of nitrogen functional groups attached to an aromatic ring is 1. The van der Waals surface area contributed by atoms with Crippen LogP contribution in [0.3, 0.4) is 0 Å². The summed E-state index contributed by atoms with van der Waals surface area (Å²) in [7, 11) is 0. The van der Waals surface area contributed by atoms with Crippen molar-refractivity contribution in [2.45, 2.75) is 39.5 Å². The van der Waals surface area contributed by atoms with Gasteiger partial charge in [0.05, 0.1) is 29.8 Å². The van der Waals surface area contributed by atoms with Gasteiger partial charge < -0.3 is 19.8 Å². The number of rotatable bonds is 10. The Balaban J connectivity index is 1.85. The fourth-order valence-electron chi connectivity index (χ4n) is 3.97. The third-order valence-corrected chi connectivity index (χ3v) is 6.11. The molecule has 0 aliphatic rings. The SMILES string of the molecule is CCOCc1nc2c(N)nc3cc(-c4cccnc4)ccc3c2n1CC(C)(C)OCCSC. The predicted octanol–water partition coefficient (Wildman–Crippen LogP) is 4.92. The van der Waals surface area contributed by atoms with Crippen molar-refractivity contribution in [1.82, 2.24) is 19.5 Å². The fraction of sp³-hybridized carbons (Fsp3) is 0.400. The number of imidazole rings is 1. The second-order valence-electron chi connectivity index (χ2n) is 8.52. The van der Waals surface area contributed by atoms with Crippen LogP contribution in [0.15, 0.2) is 42.7 Å². The Kier molecular flexibility index (Phi) is 7.17. The molecule has 33 heavy (non-hydrogen) atoms. The van der Waals surface area contributed by atoms with Gasteiger partial charge in [-0.05, 0) is 44.7 Å². The zero-order valence-electron chi connectivity index (χ0n) is 19.7. The van der Waals surface area contributed by atoms with E-state index in [0.29, 0.717) is 37.7 Å². The molecule has 0 spiro atoms. The minimum atomic E-state index is -0.385. The first kappa shape index (κ1) is 23.5. The lowest BCUT2D eigenvalue weighted by molar-refractivity contribution is -0.0215. The molecule has 7 nitrogen and oxygen atoms in total. The zero-order valence-corrected chi connectivity index (χ0v) is 20.5. The third kappa shape index (κ3) is 5.13. The molecule has 0 unspecified atom stereocenters. The van der Waals surface area contributed by atoms with Crippen LogP contribution in [0.4, 0.5) is 5.82 Å². The van der Waals surface area contributed by atoms with E-state index in [4.69, 9.17) is 20.2 Å². The first-order chi connectivity index (χ1) is 15.9. The molecule has 3 aromatic heterocycles. The van der Waals surface area contributed by atoms with E-state index >= 15 is 0 Å². The van der Waals surface area contributed by atoms with Gasteiger partial charge in [0.1, 0.15) is 17.9 Å². The van der Waals surface area contributed by atoms with Crippen molar-refractivity contribution in [3.8, 4) is 11.1 Å². The normalized spacial score (nSPS) is 12.1. The fourth-order valence-corrected chi connectivity index (χ4v) is 4.22. The first-order valence-electron chi connectivity index (χ1n) is 11.1. The Morgan fingerprint density at radius 2 is 2.00 bits per heavy atom. The number of thioether (sulfide) groups is 1. The minimum Gasteiger partial charge on any atom is -0.382 e. The van der Waals surface area contributed by atoms with E-state index in [9.17, 15) is 0 Å². The highest BCUT2D eigenvalue weighted by atomic mass is 32.2. The maximum absolute atomic E-state index is 6.41. The van der Waals surface area contributed by atoms with Crippen LogP contribution in [0, 0.1) is 0 Å². The van der Waals surface area contributed by atoms with E-state index < -0.39 is 0 Å². The molecule has 8 heteroatoms. The van der Waals surface area contributed by atoms with Crippen LogP contribution in [0.2, 0.25) is 0 Å². The molecule has 174 valence electrons. The van der Waals surface area contributed by atoms with Crippen molar-refractivity contribution in [1.29, 1.82) is 0 Å². The Morgan fingerprint density at radius 3 is 2.73 bits per heavy atom. The maximum atomic E-state index is 6.41. The highest BCUT2D eigenvalue weighted by Gasteiger charge is 2.25. The van der Waals surface area contributed by atoms with Crippen molar-refractivity contribution < 1.29 is 9.47 Å². The molecular formula is C25H31N5O2S. The van der Waals surface area contributed by atoms with Crippen molar-refractivity contribution in [2.75, 3.05) is 31.0 Å². The summed E-state index contributed by atoms with van der Waals surface area (Å²) in [6, 6.07) is 10.2. The van der Waals surface area contributed by atoms with Crippen LogP contribution < -0.4 is 5.73 Å². The van der Waals surface area contributed by atoms with Crippen LogP contribution >= 0.6 is 11.8 Å². The summed E-state index contributed by atoms with van der Waals surface area (Å²) in [5.74, 6) is 2.20. The minimum absolute atomic E-state index is 0.385. The number of aromatic nitrogens is 4. The smallest absolute Gasteiger partial charge is 0.152 e. The lowest BCUT2D eigenvalue weighted by atomic mass is 10.0. The van der Waals surface area contributed by atoms with E-state index in [1.807, 2.05) is 25.3 Å². The Hall–Kier alpha value is -2.68. The number of ether oxygens (including phenoxy) is 2. The Labute approximate surface area is 198 Å². The molecule has 0 bridgehead atoms. The van der Waals surface area contributed by atoms with Gasteiger partial charge in [-0.1, -0.05) is 18.2 Å². The van der Waals surface area contributed by atoms with E-state index in [2.05, 4.69) is 52.8 Å². The molecule has 0 amide bonds. The summed E-state index contributed by atoms with van der Waals surface area (Å²) in [5.41, 5.74) is 10.6. The van der Waals surface area contributed by atoms with Gasteiger partial charge in [0.25, 0.3) is 0 Å². The third-order valence-electron chi connectivity index (χ3n) is 5.53. The van der Waals surface area contributed by atoms with E-state index in [-0.39, 0.29) is 5.60 Å². The number of hydrogen-bond acceptors (Lipinski definition) is 7. The lowest BCUT2D eigenvalue weighted by Crippen LogP contribution is -2.32. The number of nitrogens with zero attached hydrogens (tertiary/aromatic N) is 4. The number of nitrogens with two attached hydrogens (primary N) is 1. The number of hydrogen-bond donors (Lipinski definition) is 1. The first-order valence-corrected chi connectivity index (χ1v) is 12.5. The molecule has 0 fully saturated rings. The van der Waals surface area contributed by atoms with Crippen LogP contribution in [-0.4, -0.2) is 50.3 Å². The number of anilines is 1. The molecule has 0 radical (unpaired) electrons. The van der Waals surface area contributed by atoms with Crippen LogP contribution in [0.5, 0.6) is 0 Å². The second-order valence-corrected chi connectivity index (χ2v) is 9.51. The molecular weight excluding hydrogens is 434 g/mol. The molecule has 4 rings (SSSR count). The van der Waals surface area contributed by atoms with Gasteiger partial charge in [-0.2, -0.15) is 11.8 Å². The highest BCUT2D eigenvalue weighted by Crippen LogP contribution is 2.33. The molecule has 0 aliphatic carbocycles. The largest absolute Gasteiger partial charge is 0.382 e. The molecule has 0 saturated heterocycles. The summed E-state index contributed by atoms with van der Waals surface area (Å²) in [4.78, 5) is 13.8. The quantitative estimate of drug-likeness (QED) is 0.332. The van der Waals surface area contributed by atoms with Gasteiger partial charge in [0.2, 0.25) is 0 Å². The highest BCUT2D eigenvalue weighted by molar-refractivity contribution is 7.98. The van der Waals surface area contributed by atoms with E-state index in [1.54, 1.807) is 18.0 Å². The monoisotopic (exact) mass is 465 g/mol. The molecule has 0 saturated carbocycles. The summed E-state index contributed by atoms with van der Waals surface area (Å²) in [6.07, 6.45) is 5.70. The molecule has 2 N–H and O–H groups in total. The Bertz CT molecular complexity index is 1240. The van der Waals surface area contributed by atoms with Crippen molar-refractivity contribution >= 4 is 39.5 Å². The van der Waals surface area contributed by atoms with Gasteiger partial charge >= 0.3 is 0 Å². The van der Waals surface area contributed by atoms with Gasteiger partial charge in [-0.15, -0.1) is 0 Å². The second kappa shape index (κ2) is 10.1. The number of benzene rings is 1. The van der Waals surface area contributed by atoms with Crippen molar-refractivity contribution in [3.05, 3.63) is 48.5 Å². The number of fused-ring (bicyclic) bond motifs is 3. The van der Waals surface area contributed by atoms with Crippen molar-refractivity contribution in [2.24, 2.45) is 0 Å². The van der Waals surface area contributed by atoms with Gasteiger partial charge in [0.15, 0.2) is 5.82 Å². The van der Waals surface area contributed by atoms with Crippen LogP contribution in [0.1, 0.15) is 26.6 Å². The maximum Gasteiger partial charge on any atom is 0.152 e. The summed E-state index contributed by atoms with van der Waals surface area (Å²) in [5, 5.41) is 1.00. The zero-order chi connectivity index (χ0) is 23.4. The van der Waals surface area contributed by atoms with E-state index in [1.165, 1.54) is 0 Å². The van der Waals surface area contributed by atoms with E-state index in [0.717, 1.165) is 39.1 Å². The molecule has 0 atom stereocenters. The summed E-state index contributed by atoms with van der Waals surface area (Å²) in [6.45, 7) is 8.53. The standard InChI is InChI=1S/C25H31N5O2S/c1-5-31-15-21-29-22-23(30(21)16-25(2,3)32-11-12-33-4)19-9-8-17(13-20(19)28-24(22)26)18-7-6-10-27-14-18/h6-10,13-14H,5,11-12,15-16H2,1-4H3,(H2,26,28). The average Bonchev–Trinajstić information content (AvgIpc) is 3.16. The molecule has 4 aromatic rings. The summed E-state index contributed by atoms with van der Waals surface area (Å²) >= 11 is 1.78. The van der Waals surface area contributed by atoms with Crippen molar-refractivity contribution in [3.63, 3.8) is 0 Å². The molecule has 3 heterocycles.